The molecule has 0 heterocycles. The minimum atomic E-state index is -5.95. The fourth-order valence-electron chi connectivity index (χ4n) is 3.42. The largest absolute Gasteiger partial charge is 0.524 e. The van der Waals surface area contributed by atoms with E-state index in [0.717, 1.165) is 20.9 Å². The maximum absolute atomic E-state index is 13.7. The summed E-state index contributed by atoms with van der Waals surface area (Å²) in [4.78, 5) is 2.93. The standard InChI is InChI=1S/C27H23F3O3S4/c1-20-8-14-24(15-9-20)36(25-16-10-21(2)11-17-25,33-37(31,32)27(28,29)30)26-18-12-23(13-19-26)35-34-22-6-4-3-5-7-22/h3-19H,1-2H3. The van der Waals surface area contributed by atoms with Gasteiger partial charge in [0.15, 0.2) is 0 Å². The lowest BCUT2D eigenvalue weighted by molar-refractivity contribution is -0.0496. The predicted octanol–water partition coefficient (Wildman–Crippen LogP) is 9.17. The quantitative estimate of drug-likeness (QED) is 0.154. The van der Waals surface area contributed by atoms with Crippen molar-refractivity contribution in [1.82, 2.24) is 0 Å². The molecule has 10 heteroatoms. The number of halogens is 3. The van der Waals surface area contributed by atoms with Crippen LogP contribution < -0.4 is 0 Å². The fraction of sp³-hybridized carbons (Fsp3) is 0.111. The Balaban J connectivity index is 1.86. The molecule has 194 valence electrons. The Kier molecular flexibility index (Phi) is 8.35. The second-order valence-corrected chi connectivity index (χ2v) is 14.8. The Morgan fingerprint density at radius 1 is 0.595 bits per heavy atom. The number of alkyl halides is 3. The van der Waals surface area contributed by atoms with Crippen molar-refractivity contribution >= 4 is 42.0 Å². The predicted molar refractivity (Wildman–Crippen MR) is 145 cm³/mol. The second kappa shape index (κ2) is 11.2. The average Bonchev–Trinajstić information content (AvgIpc) is 2.87. The van der Waals surface area contributed by atoms with E-state index in [1.165, 1.54) is 10.8 Å². The van der Waals surface area contributed by atoms with Gasteiger partial charge < -0.3 is 0 Å². The number of hydrogen-bond donors (Lipinski definition) is 0. The molecular weight excluding hydrogens is 558 g/mol. The first-order chi connectivity index (χ1) is 17.5. The normalized spacial score (nSPS) is 12.9. The summed E-state index contributed by atoms with van der Waals surface area (Å²) in [5.74, 6) is 0. The summed E-state index contributed by atoms with van der Waals surface area (Å²) >= 11 is 0. The molecule has 0 saturated heterocycles. The Morgan fingerprint density at radius 3 is 1.38 bits per heavy atom. The molecule has 4 aromatic rings. The SMILES string of the molecule is Cc1ccc(S(OS(=O)(=O)C(F)(F)F)(c2ccc(C)cc2)c2ccc(SSc3ccccc3)cc2)cc1. The van der Waals surface area contributed by atoms with Crippen molar-refractivity contribution < 1.29 is 25.2 Å². The molecule has 37 heavy (non-hydrogen) atoms. The summed E-state index contributed by atoms with van der Waals surface area (Å²) in [7, 11) is -6.23. The Morgan fingerprint density at radius 2 is 0.973 bits per heavy atom. The number of hydrogen-bond acceptors (Lipinski definition) is 5. The van der Waals surface area contributed by atoms with Gasteiger partial charge in [-0.2, -0.15) is 25.2 Å². The molecule has 3 nitrogen and oxygen atoms in total. The topological polar surface area (TPSA) is 43.4 Å². The molecule has 0 aromatic heterocycles. The Hall–Kier alpha value is -2.37. The zero-order valence-corrected chi connectivity index (χ0v) is 23.1. The summed E-state index contributed by atoms with van der Waals surface area (Å²) in [5, 5.41) is 0. The number of rotatable bonds is 8. The maximum atomic E-state index is 13.7. The van der Waals surface area contributed by atoms with Crippen LogP contribution in [-0.4, -0.2) is 13.9 Å². The van der Waals surface area contributed by atoms with Gasteiger partial charge in [0, 0.05) is 24.5 Å². The van der Waals surface area contributed by atoms with E-state index in [1.807, 2.05) is 44.2 Å². The van der Waals surface area contributed by atoms with Crippen LogP contribution in [0.25, 0.3) is 0 Å². The van der Waals surface area contributed by atoms with Crippen molar-refractivity contribution in [2.45, 2.75) is 43.8 Å². The van der Waals surface area contributed by atoms with Crippen molar-refractivity contribution in [3.63, 3.8) is 0 Å². The monoisotopic (exact) mass is 580 g/mol. The molecule has 4 aromatic carbocycles. The molecule has 0 N–H and O–H groups in total. The number of aryl methyl sites for hydroxylation is 2. The van der Waals surface area contributed by atoms with Crippen LogP contribution in [0, 0.1) is 13.8 Å². The van der Waals surface area contributed by atoms with E-state index in [1.54, 1.807) is 83.6 Å². The fourth-order valence-corrected chi connectivity index (χ4v) is 10.1. The molecule has 0 bridgehead atoms. The van der Waals surface area contributed by atoms with E-state index in [2.05, 4.69) is 0 Å². The lowest BCUT2D eigenvalue weighted by atomic mass is 10.2. The highest BCUT2D eigenvalue weighted by Crippen LogP contribution is 2.70. The van der Waals surface area contributed by atoms with Crippen LogP contribution in [0.4, 0.5) is 13.2 Å². The third-order valence-corrected chi connectivity index (χ3v) is 12.6. The molecule has 0 unspecified atom stereocenters. The van der Waals surface area contributed by atoms with Gasteiger partial charge in [-0.05, 0) is 84.8 Å². The van der Waals surface area contributed by atoms with Gasteiger partial charge in [0.1, 0.15) is 0 Å². The summed E-state index contributed by atoms with van der Waals surface area (Å²) in [5.41, 5.74) is -3.82. The van der Waals surface area contributed by atoms with Crippen molar-refractivity contribution in [1.29, 1.82) is 0 Å². The molecular formula is C27H23F3O3S4. The second-order valence-electron chi connectivity index (χ2n) is 8.10. The summed E-state index contributed by atoms with van der Waals surface area (Å²) in [6.07, 6.45) is 0. The lowest BCUT2D eigenvalue weighted by Gasteiger charge is -2.39. The van der Waals surface area contributed by atoms with Gasteiger partial charge in [0.05, 0.1) is 0 Å². The molecule has 0 saturated carbocycles. The molecule has 0 atom stereocenters. The highest BCUT2D eigenvalue weighted by atomic mass is 33.1. The van der Waals surface area contributed by atoms with Gasteiger partial charge in [-0.15, -0.1) is 0 Å². The van der Waals surface area contributed by atoms with Gasteiger partial charge >= 0.3 is 15.6 Å². The molecule has 0 fully saturated rings. The van der Waals surface area contributed by atoms with Crippen LogP contribution in [0.1, 0.15) is 11.1 Å². The summed E-state index contributed by atoms with van der Waals surface area (Å²) in [6.45, 7) is 3.69. The lowest BCUT2D eigenvalue weighted by Crippen LogP contribution is -2.27. The first-order valence-corrected chi connectivity index (χ1v) is 16.1. The molecule has 4 rings (SSSR count). The number of benzene rings is 4. The zero-order valence-electron chi connectivity index (χ0n) is 19.8. The van der Waals surface area contributed by atoms with E-state index >= 15 is 0 Å². The smallest absolute Gasteiger partial charge is 0.200 e. The summed E-state index contributed by atoms with van der Waals surface area (Å²) in [6, 6.07) is 30.0. The minimum Gasteiger partial charge on any atom is -0.200 e. The first kappa shape index (κ1) is 27.7. The Labute approximate surface area is 224 Å². The molecule has 0 aliphatic heterocycles. The van der Waals surface area contributed by atoms with Gasteiger partial charge in [0.25, 0.3) is 0 Å². The van der Waals surface area contributed by atoms with Crippen molar-refractivity contribution in [2.75, 3.05) is 0 Å². The third kappa shape index (κ3) is 6.21. The highest BCUT2D eigenvalue weighted by molar-refractivity contribution is 8.76. The molecule has 0 aliphatic rings. The average molecular weight is 581 g/mol. The van der Waals surface area contributed by atoms with Crippen LogP contribution in [0.15, 0.2) is 128 Å². The van der Waals surface area contributed by atoms with Gasteiger partial charge in [-0.25, -0.2) is 0 Å². The molecule has 0 aliphatic carbocycles. The van der Waals surface area contributed by atoms with Gasteiger partial charge in [-0.1, -0.05) is 75.2 Å². The zero-order chi connectivity index (χ0) is 26.7. The van der Waals surface area contributed by atoms with Crippen molar-refractivity contribution in [2.24, 2.45) is 0 Å². The molecule has 0 radical (unpaired) electrons. The van der Waals surface area contributed by atoms with E-state index in [4.69, 9.17) is 3.63 Å². The van der Waals surface area contributed by atoms with E-state index in [-0.39, 0.29) is 0 Å². The van der Waals surface area contributed by atoms with E-state index in [0.29, 0.717) is 14.7 Å². The highest BCUT2D eigenvalue weighted by Gasteiger charge is 2.52. The van der Waals surface area contributed by atoms with Crippen LogP contribution in [0.5, 0.6) is 0 Å². The van der Waals surface area contributed by atoms with Crippen LogP contribution >= 0.6 is 31.9 Å². The first-order valence-electron chi connectivity index (χ1n) is 11.0. The van der Waals surface area contributed by atoms with Gasteiger partial charge in [-0.3, -0.25) is 0 Å². The third-order valence-electron chi connectivity index (χ3n) is 5.31. The minimum absolute atomic E-state index is 0.335. The van der Waals surface area contributed by atoms with Gasteiger partial charge in [0.2, 0.25) is 0 Å². The maximum Gasteiger partial charge on any atom is 0.524 e. The van der Waals surface area contributed by atoms with Crippen LogP contribution in [0.2, 0.25) is 0 Å². The molecule has 0 spiro atoms. The van der Waals surface area contributed by atoms with Crippen LogP contribution in [0.3, 0.4) is 0 Å². The van der Waals surface area contributed by atoms with E-state index in [9.17, 15) is 21.6 Å². The Bertz CT molecular complexity index is 1390. The van der Waals surface area contributed by atoms with Crippen molar-refractivity contribution in [3.8, 4) is 0 Å². The van der Waals surface area contributed by atoms with E-state index < -0.39 is 25.9 Å². The van der Waals surface area contributed by atoms with Crippen molar-refractivity contribution in [3.05, 3.63) is 114 Å². The molecule has 0 amide bonds. The van der Waals surface area contributed by atoms with Crippen LogP contribution in [-0.2, 0) is 13.7 Å². The summed E-state index contributed by atoms with van der Waals surface area (Å²) < 4.78 is 71.3.